The van der Waals surface area contributed by atoms with Gasteiger partial charge < -0.3 is 0 Å². The van der Waals surface area contributed by atoms with E-state index in [2.05, 4.69) is 21.0 Å². The summed E-state index contributed by atoms with van der Waals surface area (Å²) in [6.07, 6.45) is 0.422. The van der Waals surface area contributed by atoms with E-state index in [0.29, 0.717) is 6.42 Å². The lowest BCUT2D eigenvalue weighted by Crippen LogP contribution is -1.99. The van der Waals surface area contributed by atoms with Crippen molar-refractivity contribution in [2.75, 3.05) is 0 Å². The molecule has 0 atom stereocenters. The average Bonchev–Trinajstić information content (AvgIpc) is 2.17. The average molecular weight is 231 g/mol. The summed E-state index contributed by atoms with van der Waals surface area (Å²) in [4.78, 5) is 10.8. The van der Waals surface area contributed by atoms with Gasteiger partial charge in [0.05, 0.1) is 12.1 Å². The van der Waals surface area contributed by atoms with Crippen LogP contribution < -0.4 is 0 Å². The van der Waals surface area contributed by atoms with Crippen LogP contribution in [-0.2, 0) is 18.3 Å². The van der Waals surface area contributed by atoms with Crippen molar-refractivity contribution in [3.8, 4) is 0 Å². The molecule has 1 aromatic rings. The van der Waals surface area contributed by atoms with Crippen molar-refractivity contribution in [2.24, 2.45) is 7.05 Å². The maximum Gasteiger partial charge on any atom is 0.135 e. The number of hydrogen-bond acceptors (Lipinski definition) is 2. The first-order valence-corrected chi connectivity index (χ1v) is 4.49. The fourth-order valence-electron chi connectivity index (χ4n) is 1.07. The lowest BCUT2D eigenvalue weighted by atomic mass is 10.2. The van der Waals surface area contributed by atoms with Crippen molar-refractivity contribution in [3.63, 3.8) is 0 Å². The SMILES string of the molecule is CC(=O)Cc1nn(C)c(Br)c1C. The smallest absolute Gasteiger partial charge is 0.135 e. The van der Waals surface area contributed by atoms with Crippen LogP contribution in [0.25, 0.3) is 0 Å². The topological polar surface area (TPSA) is 34.9 Å². The second-order valence-corrected chi connectivity index (χ2v) is 3.62. The summed E-state index contributed by atoms with van der Waals surface area (Å²) in [6, 6.07) is 0. The first kappa shape index (κ1) is 9.45. The molecule has 0 aromatic carbocycles. The van der Waals surface area contributed by atoms with Crippen LogP contribution in [0.1, 0.15) is 18.2 Å². The van der Waals surface area contributed by atoms with E-state index in [0.717, 1.165) is 15.9 Å². The van der Waals surface area contributed by atoms with Gasteiger partial charge in [0.15, 0.2) is 0 Å². The third kappa shape index (κ3) is 1.75. The summed E-state index contributed by atoms with van der Waals surface area (Å²) in [6.45, 7) is 3.53. The number of rotatable bonds is 2. The normalized spacial score (nSPS) is 10.3. The van der Waals surface area contributed by atoms with Crippen molar-refractivity contribution in [1.82, 2.24) is 9.78 Å². The molecule has 0 aliphatic rings. The van der Waals surface area contributed by atoms with E-state index < -0.39 is 0 Å². The number of hydrogen-bond donors (Lipinski definition) is 0. The summed E-state index contributed by atoms with van der Waals surface area (Å²) in [5.74, 6) is 0.142. The standard InChI is InChI=1S/C8H11BrN2O/c1-5(12)4-7-6(2)8(9)11(3)10-7/h4H2,1-3H3. The van der Waals surface area contributed by atoms with Gasteiger partial charge in [0, 0.05) is 12.6 Å². The molecule has 0 saturated carbocycles. The van der Waals surface area contributed by atoms with Crippen LogP contribution in [0.2, 0.25) is 0 Å². The number of aryl methyl sites for hydroxylation is 1. The summed E-state index contributed by atoms with van der Waals surface area (Å²) in [7, 11) is 1.85. The number of ketones is 1. The number of aromatic nitrogens is 2. The maximum atomic E-state index is 10.8. The number of halogens is 1. The summed E-state index contributed by atoms with van der Waals surface area (Å²) in [5, 5.41) is 4.20. The van der Waals surface area contributed by atoms with Gasteiger partial charge in [-0.1, -0.05) is 0 Å². The lowest BCUT2D eigenvalue weighted by Gasteiger charge is -1.91. The molecule has 0 aliphatic carbocycles. The molecule has 66 valence electrons. The highest BCUT2D eigenvalue weighted by molar-refractivity contribution is 9.10. The zero-order valence-corrected chi connectivity index (χ0v) is 8.97. The second-order valence-electron chi connectivity index (χ2n) is 2.86. The fraction of sp³-hybridized carbons (Fsp3) is 0.500. The van der Waals surface area contributed by atoms with Gasteiger partial charge in [0.1, 0.15) is 10.4 Å². The second kappa shape index (κ2) is 3.39. The number of carbonyl (C=O) groups is 1. The Morgan fingerprint density at radius 3 is 2.58 bits per heavy atom. The van der Waals surface area contributed by atoms with Gasteiger partial charge in [-0.3, -0.25) is 9.48 Å². The highest BCUT2D eigenvalue weighted by atomic mass is 79.9. The molecule has 0 bridgehead atoms. The molecule has 4 heteroatoms. The van der Waals surface area contributed by atoms with Gasteiger partial charge in [-0.05, 0) is 29.8 Å². The Hall–Kier alpha value is -0.640. The molecule has 1 rings (SSSR count). The number of carbonyl (C=O) groups excluding carboxylic acids is 1. The molecule has 0 unspecified atom stereocenters. The van der Waals surface area contributed by atoms with Crippen LogP contribution in [0.4, 0.5) is 0 Å². The molecule has 0 aliphatic heterocycles. The van der Waals surface area contributed by atoms with Gasteiger partial charge >= 0.3 is 0 Å². The molecule has 0 fully saturated rings. The minimum Gasteiger partial charge on any atom is -0.300 e. The first-order chi connectivity index (χ1) is 5.52. The quantitative estimate of drug-likeness (QED) is 0.775. The Morgan fingerprint density at radius 1 is 1.67 bits per heavy atom. The van der Waals surface area contributed by atoms with Gasteiger partial charge in [-0.15, -0.1) is 0 Å². The highest BCUT2D eigenvalue weighted by Crippen LogP contribution is 2.18. The molecule has 12 heavy (non-hydrogen) atoms. The molecule has 0 radical (unpaired) electrons. The van der Waals surface area contributed by atoms with Crippen LogP contribution in [0.15, 0.2) is 4.60 Å². The van der Waals surface area contributed by atoms with E-state index in [4.69, 9.17) is 0 Å². The Kier molecular flexibility index (Phi) is 2.67. The molecule has 1 heterocycles. The van der Waals surface area contributed by atoms with Crippen LogP contribution in [0.5, 0.6) is 0 Å². The van der Waals surface area contributed by atoms with Gasteiger partial charge in [-0.25, -0.2) is 0 Å². The first-order valence-electron chi connectivity index (χ1n) is 3.69. The van der Waals surface area contributed by atoms with E-state index in [-0.39, 0.29) is 5.78 Å². The third-order valence-electron chi connectivity index (χ3n) is 1.71. The number of Topliss-reactive ketones (excluding diaryl/α,β-unsaturated/α-hetero) is 1. The van der Waals surface area contributed by atoms with E-state index in [1.807, 2.05) is 14.0 Å². The van der Waals surface area contributed by atoms with E-state index in [1.165, 1.54) is 0 Å². The van der Waals surface area contributed by atoms with Crippen molar-refractivity contribution in [1.29, 1.82) is 0 Å². The third-order valence-corrected chi connectivity index (χ3v) is 2.82. The summed E-state index contributed by atoms with van der Waals surface area (Å²) in [5.41, 5.74) is 1.91. The Labute approximate surface area is 79.9 Å². The fourth-order valence-corrected chi connectivity index (χ4v) is 1.37. The largest absolute Gasteiger partial charge is 0.300 e. The Balaban J connectivity index is 3.01. The maximum absolute atomic E-state index is 10.8. The van der Waals surface area contributed by atoms with Gasteiger partial charge in [-0.2, -0.15) is 5.10 Å². The van der Waals surface area contributed by atoms with Crippen LogP contribution in [-0.4, -0.2) is 15.6 Å². The Bertz CT molecular complexity index is 317. The van der Waals surface area contributed by atoms with E-state index in [9.17, 15) is 4.79 Å². The molecule has 0 amide bonds. The minimum atomic E-state index is 0.142. The molecular weight excluding hydrogens is 220 g/mol. The molecule has 0 spiro atoms. The molecule has 1 aromatic heterocycles. The van der Waals surface area contributed by atoms with E-state index >= 15 is 0 Å². The number of nitrogens with zero attached hydrogens (tertiary/aromatic N) is 2. The zero-order chi connectivity index (χ0) is 9.30. The highest BCUT2D eigenvalue weighted by Gasteiger charge is 2.10. The van der Waals surface area contributed by atoms with Crippen LogP contribution >= 0.6 is 15.9 Å². The molecule has 3 nitrogen and oxygen atoms in total. The zero-order valence-electron chi connectivity index (χ0n) is 7.39. The monoisotopic (exact) mass is 230 g/mol. The molecular formula is C8H11BrN2O. The molecule has 0 N–H and O–H groups in total. The van der Waals surface area contributed by atoms with Crippen molar-refractivity contribution < 1.29 is 4.79 Å². The van der Waals surface area contributed by atoms with Crippen molar-refractivity contribution >= 4 is 21.7 Å². The lowest BCUT2D eigenvalue weighted by molar-refractivity contribution is -0.116. The van der Waals surface area contributed by atoms with Crippen molar-refractivity contribution in [2.45, 2.75) is 20.3 Å². The minimum absolute atomic E-state index is 0.142. The Morgan fingerprint density at radius 2 is 2.25 bits per heavy atom. The predicted molar refractivity (Wildman–Crippen MR) is 50.0 cm³/mol. The van der Waals surface area contributed by atoms with E-state index in [1.54, 1.807) is 11.6 Å². The van der Waals surface area contributed by atoms with Crippen LogP contribution in [0.3, 0.4) is 0 Å². The van der Waals surface area contributed by atoms with Gasteiger partial charge in [0.2, 0.25) is 0 Å². The summed E-state index contributed by atoms with van der Waals surface area (Å²) < 4.78 is 2.67. The predicted octanol–water partition coefficient (Wildman–Crippen LogP) is 1.62. The van der Waals surface area contributed by atoms with Crippen LogP contribution in [0, 0.1) is 6.92 Å². The van der Waals surface area contributed by atoms with Crippen molar-refractivity contribution in [3.05, 3.63) is 15.9 Å². The van der Waals surface area contributed by atoms with Gasteiger partial charge in [0.25, 0.3) is 0 Å². The summed E-state index contributed by atoms with van der Waals surface area (Å²) >= 11 is 3.38. The molecule has 0 saturated heterocycles.